The molecule has 0 radical (unpaired) electrons. The van der Waals surface area contributed by atoms with Gasteiger partial charge in [-0.15, -0.1) is 0 Å². The summed E-state index contributed by atoms with van der Waals surface area (Å²) < 4.78 is 0. The molecule has 21 heavy (non-hydrogen) atoms. The Labute approximate surface area is 122 Å². The van der Waals surface area contributed by atoms with Crippen LogP contribution in [-0.4, -0.2) is 35.3 Å². The number of nitrogens with one attached hydrogen (secondary N) is 2. The zero-order chi connectivity index (χ0) is 15.0. The fourth-order valence-corrected chi connectivity index (χ4v) is 2.80. The second-order valence-electron chi connectivity index (χ2n) is 5.48. The van der Waals surface area contributed by atoms with Crippen LogP contribution in [0.5, 0.6) is 0 Å². The van der Waals surface area contributed by atoms with Gasteiger partial charge < -0.3 is 10.6 Å². The van der Waals surface area contributed by atoms with Crippen molar-refractivity contribution in [1.29, 1.82) is 0 Å². The highest BCUT2D eigenvalue weighted by Crippen LogP contribution is 2.24. The number of rotatable bonds is 3. The number of amides is 4. The monoisotopic (exact) mass is 287 g/mol. The molecule has 6 nitrogen and oxygen atoms in total. The summed E-state index contributed by atoms with van der Waals surface area (Å²) in [5.74, 6) is -0.741. The average Bonchev–Trinajstić information content (AvgIpc) is 2.99. The minimum Gasteiger partial charge on any atom is -0.326 e. The predicted octanol–water partition coefficient (Wildman–Crippen LogP) is 1.05. The molecule has 1 aromatic rings. The highest BCUT2D eigenvalue weighted by atomic mass is 16.2. The van der Waals surface area contributed by atoms with Crippen molar-refractivity contribution in [1.82, 2.24) is 10.2 Å². The Morgan fingerprint density at radius 1 is 1.33 bits per heavy atom. The maximum absolute atomic E-state index is 12.0. The third-order valence-corrected chi connectivity index (χ3v) is 3.91. The van der Waals surface area contributed by atoms with Crippen molar-refractivity contribution in [3.63, 3.8) is 0 Å². The van der Waals surface area contributed by atoms with Crippen LogP contribution in [-0.2, 0) is 22.4 Å². The summed E-state index contributed by atoms with van der Waals surface area (Å²) in [6.45, 7) is 1.34. The van der Waals surface area contributed by atoms with E-state index in [-0.39, 0.29) is 18.4 Å². The van der Waals surface area contributed by atoms with E-state index >= 15 is 0 Å². The van der Waals surface area contributed by atoms with Gasteiger partial charge in [-0.25, -0.2) is 4.79 Å². The van der Waals surface area contributed by atoms with Crippen molar-refractivity contribution in [2.24, 2.45) is 0 Å². The lowest BCUT2D eigenvalue weighted by Gasteiger charge is -2.13. The van der Waals surface area contributed by atoms with Crippen molar-refractivity contribution < 1.29 is 14.4 Å². The number of carbonyl (C=O) groups is 3. The molecular weight excluding hydrogens is 270 g/mol. The van der Waals surface area contributed by atoms with E-state index in [2.05, 4.69) is 10.6 Å². The summed E-state index contributed by atoms with van der Waals surface area (Å²) in [5, 5.41) is 5.22. The first-order chi connectivity index (χ1) is 10.0. The van der Waals surface area contributed by atoms with Crippen molar-refractivity contribution in [2.45, 2.75) is 32.2 Å². The third-order valence-electron chi connectivity index (χ3n) is 3.91. The maximum Gasteiger partial charge on any atom is 0.325 e. The number of hydrogen-bond acceptors (Lipinski definition) is 3. The molecule has 0 saturated carbocycles. The fourth-order valence-electron chi connectivity index (χ4n) is 2.80. The summed E-state index contributed by atoms with van der Waals surface area (Å²) in [4.78, 5) is 36.2. The number of fused-ring (bicyclic) bond motifs is 1. The predicted molar refractivity (Wildman–Crippen MR) is 76.8 cm³/mol. The SMILES string of the molecule is CC1NC(=O)N(CC(=O)Nc2ccc3c(c2)CCC3)C1=O. The van der Waals surface area contributed by atoms with Crippen LogP contribution < -0.4 is 10.6 Å². The van der Waals surface area contributed by atoms with E-state index in [9.17, 15) is 14.4 Å². The van der Waals surface area contributed by atoms with Gasteiger partial charge >= 0.3 is 6.03 Å². The molecule has 2 N–H and O–H groups in total. The molecular formula is C15H17N3O3. The van der Waals surface area contributed by atoms with Crippen molar-refractivity contribution in [3.05, 3.63) is 29.3 Å². The summed E-state index contributed by atoms with van der Waals surface area (Å²) >= 11 is 0. The van der Waals surface area contributed by atoms with Gasteiger partial charge in [0.05, 0.1) is 0 Å². The van der Waals surface area contributed by atoms with E-state index in [0.717, 1.165) is 24.2 Å². The standard InChI is InChI=1S/C15H17N3O3/c1-9-14(20)18(15(21)16-9)8-13(19)17-12-6-5-10-3-2-4-11(10)7-12/h5-7,9H,2-4,8H2,1H3,(H,16,21)(H,17,19). The smallest absolute Gasteiger partial charge is 0.325 e. The van der Waals surface area contributed by atoms with Gasteiger partial charge in [-0.05, 0) is 49.4 Å². The zero-order valence-electron chi connectivity index (χ0n) is 11.8. The highest BCUT2D eigenvalue weighted by molar-refractivity contribution is 6.07. The lowest BCUT2D eigenvalue weighted by atomic mass is 10.1. The first kappa shape index (κ1) is 13.6. The Morgan fingerprint density at radius 3 is 2.81 bits per heavy atom. The number of urea groups is 1. The number of hydrogen-bond donors (Lipinski definition) is 2. The van der Waals surface area contributed by atoms with Crippen molar-refractivity contribution >= 4 is 23.5 Å². The number of nitrogens with zero attached hydrogens (tertiary/aromatic N) is 1. The Morgan fingerprint density at radius 2 is 2.10 bits per heavy atom. The maximum atomic E-state index is 12.0. The number of carbonyl (C=O) groups excluding carboxylic acids is 3. The molecule has 1 fully saturated rings. The fraction of sp³-hybridized carbons (Fsp3) is 0.400. The van der Waals surface area contributed by atoms with Crippen molar-refractivity contribution in [3.8, 4) is 0 Å². The molecule has 1 saturated heterocycles. The molecule has 0 aromatic heterocycles. The van der Waals surface area contributed by atoms with Crippen LogP contribution in [0.15, 0.2) is 18.2 Å². The summed E-state index contributed by atoms with van der Waals surface area (Å²) in [6.07, 6.45) is 3.26. The van der Waals surface area contributed by atoms with Crippen LogP contribution in [0.25, 0.3) is 0 Å². The molecule has 0 bridgehead atoms. The van der Waals surface area contributed by atoms with Gasteiger partial charge in [-0.3, -0.25) is 14.5 Å². The third kappa shape index (κ3) is 2.61. The summed E-state index contributed by atoms with van der Waals surface area (Å²) in [6, 6.07) is 4.76. The average molecular weight is 287 g/mol. The lowest BCUT2D eigenvalue weighted by Crippen LogP contribution is -2.38. The van der Waals surface area contributed by atoms with E-state index < -0.39 is 12.1 Å². The first-order valence-electron chi connectivity index (χ1n) is 7.08. The number of aryl methyl sites for hydroxylation is 2. The van der Waals surface area contributed by atoms with Gasteiger partial charge in [0.25, 0.3) is 5.91 Å². The molecule has 1 aliphatic heterocycles. The second kappa shape index (κ2) is 5.20. The molecule has 4 amide bonds. The normalized spacial score (nSPS) is 20.4. The van der Waals surface area contributed by atoms with Crippen LogP contribution in [0.4, 0.5) is 10.5 Å². The Hall–Kier alpha value is -2.37. The number of benzene rings is 1. The van der Waals surface area contributed by atoms with Gasteiger partial charge in [-0.1, -0.05) is 6.07 Å². The topological polar surface area (TPSA) is 78.5 Å². The molecule has 1 aliphatic carbocycles. The minimum absolute atomic E-state index is 0.258. The molecule has 1 aromatic carbocycles. The second-order valence-corrected chi connectivity index (χ2v) is 5.48. The van der Waals surface area contributed by atoms with Crippen LogP contribution >= 0.6 is 0 Å². The zero-order valence-corrected chi connectivity index (χ0v) is 11.8. The van der Waals surface area contributed by atoms with Crippen LogP contribution in [0.3, 0.4) is 0 Å². The van der Waals surface area contributed by atoms with E-state index in [1.165, 1.54) is 11.1 Å². The van der Waals surface area contributed by atoms with Crippen LogP contribution in [0.2, 0.25) is 0 Å². The van der Waals surface area contributed by atoms with E-state index in [4.69, 9.17) is 0 Å². The van der Waals surface area contributed by atoms with Gasteiger partial charge in [0.15, 0.2) is 0 Å². The molecule has 6 heteroatoms. The lowest BCUT2D eigenvalue weighted by molar-refractivity contribution is -0.130. The Kier molecular flexibility index (Phi) is 3.37. The number of anilines is 1. The minimum atomic E-state index is -0.565. The molecule has 1 heterocycles. The van der Waals surface area contributed by atoms with Gasteiger partial charge in [0.2, 0.25) is 5.91 Å². The quantitative estimate of drug-likeness (QED) is 0.816. The van der Waals surface area contributed by atoms with Crippen LogP contribution in [0, 0.1) is 0 Å². The Bertz CT molecular complexity index is 627. The van der Waals surface area contributed by atoms with E-state index in [1.54, 1.807) is 6.92 Å². The molecule has 0 spiro atoms. The largest absolute Gasteiger partial charge is 0.326 e. The van der Waals surface area contributed by atoms with Gasteiger partial charge in [0.1, 0.15) is 12.6 Å². The van der Waals surface area contributed by atoms with Gasteiger partial charge in [0, 0.05) is 5.69 Å². The van der Waals surface area contributed by atoms with E-state index in [0.29, 0.717) is 5.69 Å². The summed E-state index contributed by atoms with van der Waals surface area (Å²) in [5.41, 5.74) is 3.30. The molecule has 2 aliphatic rings. The number of imide groups is 1. The molecule has 110 valence electrons. The molecule has 1 unspecified atom stereocenters. The summed E-state index contributed by atoms with van der Waals surface area (Å²) in [7, 11) is 0. The van der Waals surface area contributed by atoms with Crippen LogP contribution in [0.1, 0.15) is 24.5 Å². The van der Waals surface area contributed by atoms with E-state index in [1.807, 2.05) is 18.2 Å². The molecule has 3 rings (SSSR count). The highest BCUT2D eigenvalue weighted by Gasteiger charge is 2.36. The van der Waals surface area contributed by atoms with Crippen molar-refractivity contribution in [2.75, 3.05) is 11.9 Å². The molecule has 1 atom stereocenters. The Balaban J connectivity index is 1.64. The first-order valence-corrected chi connectivity index (χ1v) is 7.08. The van der Waals surface area contributed by atoms with Gasteiger partial charge in [-0.2, -0.15) is 0 Å².